The highest BCUT2D eigenvalue weighted by molar-refractivity contribution is 5.33. The van der Waals surface area contributed by atoms with Crippen LogP contribution in [0.5, 0.6) is 0 Å². The maximum atomic E-state index is 9.30. The molecule has 0 saturated carbocycles. The number of rotatable bonds is 4. The molecule has 0 bridgehead atoms. The van der Waals surface area contributed by atoms with E-state index in [-0.39, 0.29) is 6.61 Å². The second-order valence-corrected chi connectivity index (χ2v) is 6.64. The minimum absolute atomic E-state index is 0.0532. The lowest BCUT2D eigenvalue weighted by molar-refractivity contribution is 0.194. The smallest absolute Gasteiger partial charge is 0.158 e. The average molecular weight is 314 g/mol. The van der Waals surface area contributed by atoms with Gasteiger partial charge in [-0.05, 0) is 49.9 Å². The molecule has 5 heteroatoms. The molecule has 1 atom stereocenters. The van der Waals surface area contributed by atoms with Gasteiger partial charge >= 0.3 is 0 Å². The Labute approximate surface area is 138 Å². The zero-order valence-electron chi connectivity index (χ0n) is 14.3. The number of aryl methyl sites for hydroxylation is 2. The molecule has 1 saturated heterocycles. The van der Waals surface area contributed by atoms with Crippen molar-refractivity contribution in [2.75, 3.05) is 13.1 Å². The summed E-state index contributed by atoms with van der Waals surface area (Å²) < 4.78 is 1.95. The van der Waals surface area contributed by atoms with Crippen LogP contribution in [0.25, 0.3) is 0 Å². The van der Waals surface area contributed by atoms with Crippen LogP contribution in [0.4, 0.5) is 0 Å². The Morgan fingerprint density at radius 2 is 1.96 bits per heavy atom. The van der Waals surface area contributed by atoms with Crippen LogP contribution in [-0.2, 0) is 20.2 Å². The Morgan fingerprint density at radius 1 is 1.22 bits per heavy atom. The number of hydrogen-bond acceptors (Lipinski definition) is 4. The quantitative estimate of drug-likeness (QED) is 0.941. The zero-order valence-corrected chi connectivity index (χ0v) is 14.3. The number of aromatic nitrogens is 3. The summed E-state index contributed by atoms with van der Waals surface area (Å²) in [6, 6.07) is 6.52. The predicted molar refractivity (Wildman–Crippen MR) is 90.1 cm³/mol. The van der Waals surface area contributed by atoms with Gasteiger partial charge in [-0.15, -0.1) is 10.2 Å². The van der Waals surface area contributed by atoms with E-state index >= 15 is 0 Å². The average Bonchev–Trinajstić information content (AvgIpc) is 2.92. The number of aliphatic hydroxyl groups excluding tert-OH is 1. The molecular weight excluding hydrogens is 288 g/mol. The molecule has 2 heterocycles. The van der Waals surface area contributed by atoms with Crippen molar-refractivity contribution in [1.29, 1.82) is 0 Å². The molecule has 1 aliphatic rings. The molecule has 5 nitrogen and oxygen atoms in total. The second-order valence-electron chi connectivity index (χ2n) is 6.64. The van der Waals surface area contributed by atoms with Gasteiger partial charge in [0.25, 0.3) is 0 Å². The molecule has 0 amide bonds. The molecule has 1 unspecified atom stereocenters. The van der Waals surface area contributed by atoms with Crippen LogP contribution in [0, 0.1) is 13.8 Å². The van der Waals surface area contributed by atoms with E-state index in [1.54, 1.807) is 0 Å². The Bertz CT molecular complexity index is 659. The highest BCUT2D eigenvalue weighted by atomic mass is 16.3. The van der Waals surface area contributed by atoms with E-state index in [1.165, 1.54) is 23.1 Å². The monoisotopic (exact) mass is 314 g/mol. The lowest BCUT2D eigenvalue weighted by atomic mass is 9.95. The maximum Gasteiger partial charge on any atom is 0.158 e. The highest BCUT2D eigenvalue weighted by Gasteiger charge is 2.26. The van der Waals surface area contributed by atoms with E-state index in [2.05, 4.69) is 47.1 Å². The van der Waals surface area contributed by atoms with Gasteiger partial charge < -0.3 is 9.67 Å². The first-order valence-electron chi connectivity index (χ1n) is 8.36. The highest BCUT2D eigenvalue weighted by Crippen LogP contribution is 2.27. The van der Waals surface area contributed by atoms with Gasteiger partial charge in [-0.25, -0.2) is 0 Å². The number of benzene rings is 1. The topological polar surface area (TPSA) is 54.2 Å². The maximum absolute atomic E-state index is 9.30. The third-order valence-corrected chi connectivity index (χ3v) is 5.04. The first kappa shape index (κ1) is 16.1. The van der Waals surface area contributed by atoms with Gasteiger partial charge in [-0.1, -0.05) is 18.2 Å². The molecular formula is C18H26N4O. The van der Waals surface area contributed by atoms with Crippen molar-refractivity contribution in [3.05, 3.63) is 46.5 Å². The van der Waals surface area contributed by atoms with Crippen LogP contribution < -0.4 is 0 Å². The normalized spacial score (nSPS) is 19.2. The molecule has 1 aromatic heterocycles. The van der Waals surface area contributed by atoms with E-state index < -0.39 is 0 Å². The molecule has 0 aliphatic carbocycles. The largest absolute Gasteiger partial charge is 0.388 e. The minimum atomic E-state index is -0.0532. The number of hydrogen-bond donors (Lipinski definition) is 1. The van der Waals surface area contributed by atoms with E-state index in [9.17, 15) is 5.11 Å². The zero-order chi connectivity index (χ0) is 16.4. The van der Waals surface area contributed by atoms with Gasteiger partial charge in [-0.3, -0.25) is 4.90 Å². The summed E-state index contributed by atoms with van der Waals surface area (Å²) in [5.41, 5.74) is 4.18. The molecule has 2 aromatic rings. The lowest BCUT2D eigenvalue weighted by Crippen LogP contribution is -2.35. The van der Waals surface area contributed by atoms with Crippen LogP contribution in [0.3, 0.4) is 0 Å². The lowest BCUT2D eigenvalue weighted by Gasteiger charge is -2.33. The number of piperidine rings is 1. The Balaban J connectivity index is 1.74. The first-order valence-corrected chi connectivity index (χ1v) is 8.36. The molecule has 1 aromatic carbocycles. The summed E-state index contributed by atoms with van der Waals surface area (Å²) in [7, 11) is 1.95. The SMILES string of the molecule is Cc1cccc(C)c1CN1CCCC(c2nnc(CO)n2C)C1. The van der Waals surface area contributed by atoms with Gasteiger partial charge in [0, 0.05) is 26.1 Å². The van der Waals surface area contributed by atoms with Crippen LogP contribution >= 0.6 is 0 Å². The molecule has 1 N–H and O–H groups in total. The van der Waals surface area contributed by atoms with Gasteiger partial charge in [-0.2, -0.15) is 0 Å². The van der Waals surface area contributed by atoms with Crippen molar-refractivity contribution >= 4 is 0 Å². The second kappa shape index (κ2) is 6.81. The van der Waals surface area contributed by atoms with Gasteiger partial charge in [0.05, 0.1) is 0 Å². The number of aliphatic hydroxyl groups is 1. The van der Waals surface area contributed by atoms with Gasteiger partial charge in [0.1, 0.15) is 12.4 Å². The van der Waals surface area contributed by atoms with Crippen LogP contribution in [0.1, 0.15) is 47.1 Å². The summed E-state index contributed by atoms with van der Waals surface area (Å²) in [5.74, 6) is 2.04. The summed E-state index contributed by atoms with van der Waals surface area (Å²) >= 11 is 0. The molecule has 0 radical (unpaired) electrons. The fourth-order valence-corrected chi connectivity index (χ4v) is 3.60. The molecule has 124 valence electrons. The minimum Gasteiger partial charge on any atom is -0.388 e. The standard InChI is InChI=1S/C18H26N4O/c1-13-6-4-7-14(2)16(13)11-22-9-5-8-15(10-22)18-20-19-17(12-23)21(18)3/h4,6-7,15,23H,5,8-12H2,1-3H3. The fourth-order valence-electron chi connectivity index (χ4n) is 3.60. The van der Waals surface area contributed by atoms with E-state index in [0.717, 1.165) is 31.9 Å². The predicted octanol–water partition coefficient (Wildman–Crippen LogP) is 2.30. The Kier molecular flexibility index (Phi) is 4.78. The fraction of sp³-hybridized carbons (Fsp3) is 0.556. The molecule has 1 fully saturated rings. The Morgan fingerprint density at radius 3 is 2.61 bits per heavy atom. The molecule has 3 rings (SSSR count). The molecule has 23 heavy (non-hydrogen) atoms. The van der Waals surface area contributed by atoms with Crippen LogP contribution in [-0.4, -0.2) is 37.9 Å². The van der Waals surface area contributed by atoms with Crippen molar-refractivity contribution in [3.8, 4) is 0 Å². The molecule has 0 spiro atoms. The summed E-state index contributed by atoms with van der Waals surface area (Å²) in [6.45, 7) is 7.47. The van der Waals surface area contributed by atoms with Gasteiger partial charge in [0.15, 0.2) is 5.82 Å². The summed E-state index contributed by atoms with van der Waals surface area (Å²) in [6.07, 6.45) is 2.32. The van der Waals surface area contributed by atoms with Crippen molar-refractivity contribution in [2.45, 2.75) is 45.8 Å². The van der Waals surface area contributed by atoms with Gasteiger partial charge in [0.2, 0.25) is 0 Å². The number of likely N-dealkylation sites (tertiary alicyclic amines) is 1. The molecule has 1 aliphatic heterocycles. The van der Waals surface area contributed by atoms with Crippen LogP contribution in [0.15, 0.2) is 18.2 Å². The van der Waals surface area contributed by atoms with Crippen molar-refractivity contribution in [1.82, 2.24) is 19.7 Å². The summed E-state index contributed by atoms with van der Waals surface area (Å²) in [5, 5.41) is 17.7. The van der Waals surface area contributed by atoms with Crippen molar-refractivity contribution in [2.24, 2.45) is 7.05 Å². The third kappa shape index (κ3) is 3.31. The van der Waals surface area contributed by atoms with Crippen molar-refractivity contribution < 1.29 is 5.11 Å². The van der Waals surface area contributed by atoms with E-state index in [1.807, 2.05) is 11.6 Å². The number of nitrogens with zero attached hydrogens (tertiary/aromatic N) is 4. The van der Waals surface area contributed by atoms with Crippen LogP contribution in [0.2, 0.25) is 0 Å². The first-order chi connectivity index (χ1) is 11.1. The summed E-state index contributed by atoms with van der Waals surface area (Å²) in [4.78, 5) is 2.52. The Hall–Kier alpha value is -1.72. The van der Waals surface area contributed by atoms with E-state index in [0.29, 0.717) is 11.7 Å². The third-order valence-electron chi connectivity index (χ3n) is 5.04. The van der Waals surface area contributed by atoms with E-state index in [4.69, 9.17) is 0 Å². The van der Waals surface area contributed by atoms with Crippen molar-refractivity contribution in [3.63, 3.8) is 0 Å².